The number of rotatable bonds is 6. The predicted octanol–water partition coefficient (Wildman–Crippen LogP) is 14.5. The van der Waals surface area contributed by atoms with Crippen LogP contribution in [0.3, 0.4) is 0 Å². The topological polar surface area (TPSA) is 25.8 Å². The minimum Gasteiger partial charge on any atom is -0.228 e. The van der Waals surface area contributed by atoms with E-state index in [-0.39, 0.29) is 5.41 Å². The molecule has 0 bridgehead atoms. The van der Waals surface area contributed by atoms with Crippen molar-refractivity contribution in [3.8, 4) is 67.3 Å². The summed E-state index contributed by atoms with van der Waals surface area (Å²) in [6.45, 7) is 2.37. The van der Waals surface area contributed by atoms with Crippen molar-refractivity contribution in [3.63, 3.8) is 0 Å². The first-order valence-electron chi connectivity index (χ1n) is 19.5. The van der Waals surface area contributed by atoms with E-state index in [1.807, 2.05) is 29.5 Å². The maximum Gasteiger partial charge on any atom is 0.160 e. The molecule has 2 aromatic heterocycles. The monoisotopic (exact) mass is 744 g/mol. The number of hydrogen-bond acceptors (Lipinski definition) is 3. The third kappa shape index (κ3) is 5.54. The Labute approximate surface area is 336 Å². The summed E-state index contributed by atoms with van der Waals surface area (Å²) in [5, 5.41) is 2.62. The van der Waals surface area contributed by atoms with Gasteiger partial charge in [0.1, 0.15) is 0 Å². The first-order chi connectivity index (χ1) is 28.1. The molecule has 3 heteroatoms. The molecule has 0 radical (unpaired) electrons. The van der Waals surface area contributed by atoms with Crippen LogP contribution in [0, 0.1) is 0 Å². The van der Waals surface area contributed by atoms with E-state index in [1.54, 1.807) is 0 Å². The summed E-state index contributed by atoms with van der Waals surface area (Å²) < 4.78 is 2.64. The van der Waals surface area contributed by atoms with Crippen LogP contribution in [0.2, 0.25) is 0 Å². The highest BCUT2D eigenvalue weighted by Gasteiger charge is 2.40. The molecule has 2 nitrogen and oxygen atoms in total. The molecule has 57 heavy (non-hydrogen) atoms. The molecule has 10 aromatic rings. The lowest BCUT2D eigenvalue weighted by molar-refractivity contribution is 0.714. The molecule has 0 atom stereocenters. The largest absolute Gasteiger partial charge is 0.228 e. The molecule has 0 N–H and O–H groups in total. The zero-order valence-electron chi connectivity index (χ0n) is 31.4. The van der Waals surface area contributed by atoms with Gasteiger partial charge in [-0.25, -0.2) is 9.97 Å². The molecule has 0 aliphatic heterocycles. The van der Waals surface area contributed by atoms with E-state index in [2.05, 4.69) is 189 Å². The van der Waals surface area contributed by atoms with Crippen molar-refractivity contribution in [3.05, 3.63) is 217 Å². The number of nitrogens with zero attached hydrogens (tertiary/aromatic N) is 2. The van der Waals surface area contributed by atoms with E-state index < -0.39 is 0 Å². The standard InChI is InChI=1S/C54H36N2S/c1-54(47-22-8-5-17-43(47)44-18-6-9-23-48(44)54)41-16-11-15-40(33-41)35-25-29-37(30-26-35)49-34-50(56-53(55-49)39-13-3-2-4-14-39)38-31-27-36(28-32-38)42-20-12-21-46-45-19-7-10-24-51(45)57-52(42)46/h2-34H,1H3. The highest BCUT2D eigenvalue weighted by molar-refractivity contribution is 7.26. The van der Waals surface area contributed by atoms with Gasteiger partial charge in [-0.05, 0) is 75.2 Å². The van der Waals surface area contributed by atoms with Crippen molar-refractivity contribution in [2.75, 3.05) is 0 Å². The Bertz CT molecular complexity index is 3080. The molecule has 0 unspecified atom stereocenters. The molecule has 1 aliphatic carbocycles. The van der Waals surface area contributed by atoms with Gasteiger partial charge in [0.2, 0.25) is 0 Å². The summed E-state index contributed by atoms with van der Waals surface area (Å²) in [6.07, 6.45) is 0. The van der Waals surface area contributed by atoms with Crippen LogP contribution >= 0.6 is 11.3 Å². The van der Waals surface area contributed by atoms with Gasteiger partial charge >= 0.3 is 0 Å². The van der Waals surface area contributed by atoms with E-state index in [1.165, 1.54) is 70.2 Å². The number of hydrogen-bond donors (Lipinski definition) is 0. The van der Waals surface area contributed by atoms with Crippen molar-refractivity contribution in [2.45, 2.75) is 12.3 Å². The van der Waals surface area contributed by atoms with Crippen molar-refractivity contribution in [2.24, 2.45) is 0 Å². The summed E-state index contributed by atoms with van der Waals surface area (Å²) in [6, 6.07) is 72.2. The van der Waals surface area contributed by atoms with Crippen molar-refractivity contribution in [1.29, 1.82) is 0 Å². The number of benzene rings is 8. The number of thiophene rings is 1. The highest BCUT2D eigenvalue weighted by Crippen LogP contribution is 2.52. The van der Waals surface area contributed by atoms with E-state index in [0.29, 0.717) is 5.82 Å². The number of aromatic nitrogens is 2. The van der Waals surface area contributed by atoms with Crippen LogP contribution < -0.4 is 0 Å². The van der Waals surface area contributed by atoms with Gasteiger partial charge in [-0.3, -0.25) is 0 Å². The molecule has 0 saturated heterocycles. The van der Waals surface area contributed by atoms with E-state index in [0.717, 1.165) is 28.1 Å². The van der Waals surface area contributed by atoms with Gasteiger partial charge in [0.25, 0.3) is 0 Å². The van der Waals surface area contributed by atoms with E-state index in [9.17, 15) is 0 Å². The molecule has 0 fully saturated rings. The summed E-state index contributed by atoms with van der Waals surface area (Å²) >= 11 is 1.86. The number of fused-ring (bicyclic) bond motifs is 6. The third-order valence-electron chi connectivity index (χ3n) is 11.8. The Kier molecular flexibility index (Phi) is 7.84. The van der Waals surface area contributed by atoms with Gasteiger partial charge < -0.3 is 0 Å². The van der Waals surface area contributed by atoms with Crippen molar-refractivity contribution < 1.29 is 0 Å². The SMILES string of the molecule is CC1(c2cccc(-c3ccc(-c4cc(-c5ccc(-c6cccc7c6sc6ccccc67)cc5)nc(-c5ccccc5)n4)cc3)c2)c2ccccc2-c2ccccc21. The lowest BCUT2D eigenvalue weighted by Crippen LogP contribution is -2.22. The van der Waals surface area contributed by atoms with E-state index in [4.69, 9.17) is 9.97 Å². The normalized spacial score (nSPS) is 12.8. The quantitative estimate of drug-likeness (QED) is 0.169. The second-order valence-corrected chi connectivity index (χ2v) is 16.1. The lowest BCUT2D eigenvalue weighted by atomic mass is 9.74. The molecule has 0 spiro atoms. The van der Waals surface area contributed by atoms with Gasteiger partial charge in [-0.2, -0.15) is 0 Å². The molecular formula is C54H36N2S. The molecule has 11 rings (SSSR count). The Morgan fingerprint density at radius 2 is 0.912 bits per heavy atom. The van der Waals surface area contributed by atoms with Crippen molar-refractivity contribution in [1.82, 2.24) is 9.97 Å². The molecule has 8 aromatic carbocycles. The second kappa shape index (κ2) is 13.4. The average Bonchev–Trinajstić information content (AvgIpc) is 3.80. The van der Waals surface area contributed by atoms with Gasteiger partial charge in [0.05, 0.1) is 11.4 Å². The minimum atomic E-state index is -0.238. The smallest absolute Gasteiger partial charge is 0.160 e. The Morgan fingerprint density at radius 3 is 1.61 bits per heavy atom. The highest BCUT2D eigenvalue weighted by atomic mass is 32.1. The van der Waals surface area contributed by atoms with Crippen LogP contribution in [-0.2, 0) is 5.41 Å². The van der Waals surface area contributed by atoms with Gasteiger partial charge in [0, 0.05) is 42.3 Å². The third-order valence-corrected chi connectivity index (χ3v) is 13.0. The first-order valence-corrected chi connectivity index (χ1v) is 20.3. The average molecular weight is 745 g/mol. The van der Waals surface area contributed by atoms with Gasteiger partial charge in [-0.1, -0.05) is 182 Å². The Hall–Kier alpha value is -6.94. The fourth-order valence-electron chi connectivity index (χ4n) is 8.86. The van der Waals surface area contributed by atoms with Crippen LogP contribution in [-0.4, -0.2) is 9.97 Å². The first kappa shape index (κ1) is 33.4. The predicted molar refractivity (Wildman–Crippen MR) is 240 cm³/mol. The summed E-state index contributed by atoms with van der Waals surface area (Å²) in [7, 11) is 0. The molecule has 0 amide bonds. The van der Waals surface area contributed by atoms with E-state index >= 15 is 0 Å². The fourth-order valence-corrected chi connectivity index (χ4v) is 10.1. The van der Waals surface area contributed by atoms with Crippen LogP contribution in [0.4, 0.5) is 0 Å². The molecule has 1 aliphatic rings. The summed E-state index contributed by atoms with van der Waals surface area (Å²) in [4.78, 5) is 10.3. The van der Waals surface area contributed by atoms with Crippen LogP contribution in [0.5, 0.6) is 0 Å². The minimum absolute atomic E-state index is 0.238. The fraction of sp³-hybridized carbons (Fsp3) is 0.0370. The van der Waals surface area contributed by atoms with Crippen LogP contribution in [0.15, 0.2) is 200 Å². The molecule has 268 valence electrons. The summed E-state index contributed by atoms with van der Waals surface area (Å²) in [5.41, 5.74) is 16.1. The lowest BCUT2D eigenvalue weighted by Gasteiger charge is -2.28. The molecule has 2 heterocycles. The Balaban J connectivity index is 0.948. The van der Waals surface area contributed by atoms with Crippen LogP contribution in [0.25, 0.3) is 87.5 Å². The van der Waals surface area contributed by atoms with Crippen LogP contribution in [0.1, 0.15) is 23.6 Å². The van der Waals surface area contributed by atoms with Crippen molar-refractivity contribution >= 4 is 31.5 Å². The van der Waals surface area contributed by atoms with Gasteiger partial charge in [-0.15, -0.1) is 11.3 Å². The Morgan fingerprint density at radius 1 is 0.386 bits per heavy atom. The second-order valence-electron chi connectivity index (χ2n) is 15.1. The van der Waals surface area contributed by atoms with Gasteiger partial charge in [0.15, 0.2) is 5.82 Å². The molecule has 0 saturated carbocycles. The maximum atomic E-state index is 5.13. The molecular weight excluding hydrogens is 709 g/mol. The maximum absolute atomic E-state index is 5.13. The zero-order valence-corrected chi connectivity index (χ0v) is 32.2. The zero-order chi connectivity index (χ0) is 37.9. The summed E-state index contributed by atoms with van der Waals surface area (Å²) in [5.74, 6) is 0.712.